The van der Waals surface area contributed by atoms with Gasteiger partial charge in [0.05, 0.1) is 7.11 Å². The number of nitrogens with two attached hydrogens (primary N) is 1. The standard InChI is InChI=1S/C15H23BrN2O2/c1-11(17)5-4-6-15(19)18(2)10-12-9-13(16)7-8-14(12)20-3/h7-9,11H,4-6,10,17H2,1-3H3. The fourth-order valence-corrected chi connectivity index (χ4v) is 2.39. The molecule has 2 N–H and O–H groups in total. The summed E-state index contributed by atoms with van der Waals surface area (Å²) >= 11 is 3.44. The molecule has 4 nitrogen and oxygen atoms in total. The van der Waals surface area contributed by atoms with Crippen molar-refractivity contribution in [2.24, 2.45) is 5.73 Å². The second-order valence-electron chi connectivity index (χ2n) is 5.08. The van der Waals surface area contributed by atoms with Crippen molar-refractivity contribution in [3.05, 3.63) is 28.2 Å². The Morgan fingerprint density at radius 3 is 2.80 bits per heavy atom. The maximum Gasteiger partial charge on any atom is 0.222 e. The second-order valence-corrected chi connectivity index (χ2v) is 5.99. The average molecular weight is 343 g/mol. The normalized spacial score (nSPS) is 12.1. The Labute approximate surface area is 129 Å². The van der Waals surface area contributed by atoms with E-state index in [9.17, 15) is 4.79 Å². The van der Waals surface area contributed by atoms with Crippen LogP contribution in [0.4, 0.5) is 0 Å². The van der Waals surface area contributed by atoms with Crippen LogP contribution in [0.5, 0.6) is 5.75 Å². The number of carbonyl (C=O) groups is 1. The van der Waals surface area contributed by atoms with E-state index in [2.05, 4.69) is 15.9 Å². The molecule has 5 heteroatoms. The molecule has 1 rings (SSSR count). The Morgan fingerprint density at radius 2 is 2.20 bits per heavy atom. The first kappa shape index (κ1) is 17.0. The highest BCUT2D eigenvalue weighted by atomic mass is 79.9. The summed E-state index contributed by atoms with van der Waals surface area (Å²) in [5.41, 5.74) is 6.68. The van der Waals surface area contributed by atoms with Gasteiger partial charge in [-0.1, -0.05) is 15.9 Å². The van der Waals surface area contributed by atoms with Gasteiger partial charge in [-0.05, 0) is 38.0 Å². The Bertz CT molecular complexity index is 449. The van der Waals surface area contributed by atoms with Gasteiger partial charge < -0.3 is 15.4 Å². The lowest BCUT2D eigenvalue weighted by molar-refractivity contribution is -0.130. The van der Waals surface area contributed by atoms with Crippen LogP contribution in [0.25, 0.3) is 0 Å². The van der Waals surface area contributed by atoms with Crippen molar-refractivity contribution in [3.8, 4) is 5.75 Å². The molecular formula is C15H23BrN2O2. The van der Waals surface area contributed by atoms with Crippen molar-refractivity contribution in [2.75, 3.05) is 14.2 Å². The van der Waals surface area contributed by atoms with Crippen LogP contribution >= 0.6 is 15.9 Å². The minimum atomic E-state index is 0.132. The van der Waals surface area contributed by atoms with Gasteiger partial charge in [-0.2, -0.15) is 0 Å². The van der Waals surface area contributed by atoms with Crippen molar-refractivity contribution in [1.82, 2.24) is 4.90 Å². The molecule has 1 atom stereocenters. The number of rotatable bonds is 7. The number of hydrogen-bond donors (Lipinski definition) is 1. The lowest BCUT2D eigenvalue weighted by Gasteiger charge is -2.19. The van der Waals surface area contributed by atoms with Crippen molar-refractivity contribution < 1.29 is 9.53 Å². The summed E-state index contributed by atoms with van der Waals surface area (Å²) in [5, 5.41) is 0. The fraction of sp³-hybridized carbons (Fsp3) is 0.533. The molecule has 1 aromatic rings. The summed E-state index contributed by atoms with van der Waals surface area (Å²) in [4.78, 5) is 13.8. The largest absolute Gasteiger partial charge is 0.496 e. The third-order valence-electron chi connectivity index (χ3n) is 3.13. The Hall–Kier alpha value is -1.07. The van der Waals surface area contributed by atoms with E-state index in [1.54, 1.807) is 12.0 Å². The first-order valence-corrected chi connectivity index (χ1v) is 7.55. The van der Waals surface area contributed by atoms with Crippen LogP contribution in [-0.4, -0.2) is 31.0 Å². The number of methoxy groups -OCH3 is 1. The number of hydrogen-bond acceptors (Lipinski definition) is 3. The summed E-state index contributed by atoms with van der Waals surface area (Å²) in [6.07, 6.45) is 2.24. The topological polar surface area (TPSA) is 55.6 Å². The molecule has 0 aliphatic rings. The highest BCUT2D eigenvalue weighted by Crippen LogP contribution is 2.24. The van der Waals surface area contributed by atoms with Crippen LogP contribution in [-0.2, 0) is 11.3 Å². The zero-order valence-electron chi connectivity index (χ0n) is 12.4. The van der Waals surface area contributed by atoms with Crippen molar-refractivity contribution in [2.45, 2.75) is 38.8 Å². The van der Waals surface area contributed by atoms with Crippen molar-refractivity contribution in [1.29, 1.82) is 0 Å². The molecule has 1 unspecified atom stereocenters. The SMILES string of the molecule is COc1ccc(Br)cc1CN(C)C(=O)CCCC(C)N. The van der Waals surface area contributed by atoms with Crippen LogP contribution in [0.15, 0.2) is 22.7 Å². The number of nitrogens with zero attached hydrogens (tertiary/aromatic N) is 1. The number of ether oxygens (including phenoxy) is 1. The molecule has 1 aromatic carbocycles. The molecule has 112 valence electrons. The van der Waals surface area contributed by atoms with E-state index in [1.165, 1.54) is 0 Å². The molecule has 0 fully saturated rings. The smallest absolute Gasteiger partial charge is 0.222 e. The molecule has 0 saturated heterocycles. The number of amides is 1. The zero-order valence-corrected chi connectivity index (χ0v) is 13.9. The average Bonchev–Trinajstić information content (AvgIpc) is 2.38. The number of halogens is 1. The summed E-state index contributed by atoms with van der Waals surface area (Å²) in [6, 6.07) is 5.95. The Kier molecular flexibility index (Phi) is 7.02. The van der Waals surface area contributed by atoms with E-state index in [0.717, 1.165) is 28.6 Å². The molecule has 0 aromatic heterocycles. The second kappa shape index (κ2) is 8.27. The number of carbonyl (C=O) groups excluding carboxylic acids is 1. The van der Waals surface area contributed by atoms with Crippen molar-refractivity contribution >= 4 is 21.8 Å². The number of benzene rings is 1. The summed E-state index contributed by atoms with van der Waals surface area (Å²) in [6.45, 7) is 2.50. The van der Waals surface area contributed by atoms with Crippen molar-refractivity contribution in [3.63, 3.8) is 0 Å². The highest BCUT2D eigenvalue weighted by molar-refractivity contribution is 9.10. The molecule has 0 saturated carbocycles. The van der Waals surface area contributed by atoms with Gasteiger partial charge >= 0.3 is 0 Å². The van der Waals surface area contributed by atoms with Crippen LogP contribution in [0.2, 0.25) is 0 Å². The van der Waals surface area contributed by atoms with E-state index in [-0.39, 0.29) is 11.9 Å². The Morgan fingerprint density at radius 1 is 1.50 bits per heavy atom. The lowest BCUT2D eigenvalue weighted by atomic mass is 10.1. The maximum absolute atomic E-state index is 12.0. The highest BCUT2D eigenvalue weighted by Gasteiger charge is 2.12. The van der Waals surface area contributed by atoms with Crippen LogP contribution < -0.4 is 10.5 Å². The zero-order chi connectivity index (χ0) is 15.1. The van der Waals surface area contributed by atoms with Crippen LogP contribution in [0.1, 0.15) is 31.7 Å². The molecule has 0 bridgehead atoms. The molecule has 0 aliphatic heterocycles. The molecule has 20 heavy (non-hydrogen) atoms. The van der Waals surface area contributed by atoms with E-state index >= 15 is 0 Å². The van der Waals surface area contributed by atoms with Crippen LogP contribution in [0.3, 0.4) is 0 Å². The molecule has 0 heterocycles. The third kappa shape index (κ3) is 5.51. The van der Waals surface area contributed by atoms with E-state index < -0.39 is 0 Å². The van der Waals surface area contributed by atoms with E-state index in [1.807, 2.05) is 32.2 Å². The minimum absolute atomic E-state index is 0.132. The summed E-state index contributed by atoms with van der Waals surface area (Å²) in [5.74, 6) is 0.927. The maximum atomic E-state index is 12.0. The first-order chi connectivity index (χ1) is 9.43. The third-order valence-corrected chi connectivity index (χ3v) is 3.62. The van der Waals surface area contributed by atoms with Gasteiger partial charge in [-0.15, -0.1) is 0 Å². The fourth-order valence-electron chi connectivity index (χ4n) is 1.98. The first-order valence-electron chi connectivity index (χ1n) is 6.76. The van der Waals surface area contributed by atoms with Crippen LogP contribution in [0, 0.1) is 0 Å². The molecule has 1 amide bonds. The molecular weight excluding hydrogens is 320 g/mol. The summed E-state index contributed by atoms with van der Waals surface area (Å²) < 4.78 is 6.30. The monoisotopic (exact) mass is 342 g/mol. The van der Waals surface area contributed by atoms with Gasteiger partial charge in [0.2, 0.25) is 5.91 Å². The Balaban J connectivity index is 2.58. The quantitative estimate of drug-likeness (QED) is 0.828. The van der Waals surface area contributed by atoms with Gasteiger partial charge in [0.25, 0.3) is 0 Å². The minimum Gasteiger partial charge on any atom is -0.496 e. The van der Waals surface area contributed by atoms with Gasteiger partial charge in [0, 0.05) is 36.1 Å². The predicted octanol–water partition coefficient (Wildman–Crippen LogP) is 2.93. The van der Waals surface area contributed by atoms with Gasteiger partial charge in [-0.25, -0.2) is 0 Å². The van der Waals surface area contributed by atoms with Gasteiger partial charge in [0.15, 0.2) is 0 Å². The molecule has 0 aliphatic carbocycles. The van der Waals surface area contributed by atoms with E-state index in [4.69, 9.17) is 10.5 Å². The summed E-state index contributed by atoms with van der Waals surface area (Å²) in [7, 11) is 3.45. The lowest BCUT2D eigenvalue weighted by Crippen LogP contribution is -2.26. The van der Waals surface area contributed by atoms with E-state index in [0.29, 0.717) is 13.0 Å². The molecule has 0 radical (unpaired) electrons. The molecule has 0 spiro atoms. The van der Waals surface area contributed by atoms with Gasteiger partial charge in [-0.3, -0.25) is 4.79 Å². The predicted molar refractivity (Wildman–Crippen MR) is 84.7 cm³/mol. The van der Waals surface area contributed by atoms with Gasteiger partial charge in [0.1, 0.15) is 5.75 Å².